The molecule has 0 spiro atoms. The molecular formula is C13H14ClNO4. The van der Waals surface area contributed by atoms with Crippen molar-refractivity contribution < 1.29 is 19.8 Å². The van der Waals surface area contributed by atoms with Crippen molar-refractivity contribution in [1.29, 1.82) is 0 Å². The number of halogens is 1. The van der Waals surface area contributed by atoms with Gasteiger partial charge < -0.3 is 15.1 Å². The Labute approximate surface area is 115 Å². The molecule has 5 nitrogen and oxygen atoms in total. The maximum atomic E-state index is 11.7. The molecule has 0 aromatic heterocycles. The number of carboxylic acid groups (broad SMARTS) is 1. The Morgan fingerprint density at radius 3 is 2.53 bits per heavy atom. The van der Waals surface area contributed by atoms with Crippen molar-refractivity contribution in [3.05, 3.63) is 29.8 Å². The number of carbonyl (C=O) groups excluding carboxylic acids is 1. The van der Waals surface area contributed by atoms with Crippen molar-refractivity contribution in [3.8, 4) is 5.75 Å². The fourth-order valence-electron chi connectivity index (χ4n) is 2.17. The van der Waals surface area contributed by atoms with E-state index < -0.39 is 12.0 Å². The Balaban J connectivity index is 2.15. The van der Waals surface area contributed by atoms with Crippen LogP contribution in [0.4, 0.5) is 0 Å². The highest BCUT2D eigenvalue weighted by Gasteiger charge is 2.36. The molecule has 102 valence electrons. The van der Waals surface area contributed by atoms with Crippen molar-refractivity contribution in [3.63, 3.8) is 0 Å². The van der Waals surface area contributed by atoms with Gasteiger partial charge in [0.15, 0.2) is 0 Å². The van der Waals surface area contributed by atoms with Crippen LogP contribution in [0.2, 0.25) is 0 Å². The van der Waals surface area contributed by atoms with Gasteiger partial charge in [0, 0.05) is 19.4 Å². The zero-order valence-corrected chi connectivity index (χ0v) is 10.9. The zero-order valence-electron chi connectivity index (χ0n) is 10.1. The molecule has 0 aliphatic carbocycles. The molecule has 2 rings (SSSR count). The first-order chi connectivity index (χ1) is 8.97. The van der Waals surface area contributed by atoms with Crippen LogP contribution in [0.15, 0.2) is 24.3 Å². The highest BCUT2D eigenvalue weighted by Crippen LogP contribution is 2.22. The van der Waals surface area contributed by atoms with Crippen molar-refractivity contribution in [1.82, 2.24) is 4.90 Å². The van der Waals surface area contributed by atoms with Gasteiger partial charge in [-0.05, 0) is 17.7 Å². The number of nitrogens with zero attached hydrogens (tertiary/aromatic N) is 1. The van der Waals surface area contributed by atoms with E-state index in [1.54, 1.807) is 12.1 Å². The van der Waals surface area contributed by atoms with Crippen molar-refractivity contribution in [2.75, 3.05) is 6.54 Å². The van der Waals surface area contributed by atoms with Gasteiger partial charge in [0.2, 0.25) is 5.91 Å². The lowest BCUT2D eigenvalue weighted by molar-refractivity contribution is -0.148. The number of hydrogen-bond acceptors (Lipinski definition) is 3. The number of aromatic hydroxyl groups is 1. The summed E-state index contributed by atoms with van der Waals surface area (Å²) in [5.41, 5.74) is 0.746. The molecule has 0 saturated carbocycles. The number of amides is 1. The van der Waals surface area contributed by atoms with Crippen LogP contribution in [0.1, 0.15) is 12.0 Å². The van der Waals surface area contributed by atoms with Crippen LogP contribution in [0.3, 0.4) is 0 Å². The van der Waals surface area contributed by atoms with Gasteiger partial charge in [-0.3, -0.25) is 4.79 Å². The smallest absolute Gasteiger partial charge is 0.326 e. The standard InChI is InChI=1S/C13H14ClNO4/c14-9-6-12(17)15(7-9)11(13(18)19)5-8-1-3-10(16)4-2-8/h1-4,9,11,16H,5-7H2,(H,18,19)/t9?,11-/m0/s1. The van der Waals surface area contributed by atoms with E-state index in [1.165, 1.54) is 17.0 Å². The van der Waals surface area contributed by atoms with Gasteiger partial charge in [0.1, 0.15) is 11.8 Å². The number of carboxylic acids is 1. The van der Waals surface area contributed by atoms with Gasteiger partial charge >= 0.3 is 5.97 Å². The summed E-state index contributed by atoms with van der Waals surface area (Å²) in [7, 11) is 0. The molecular weight excluding hydrogens is 270 g/mol. The van der Waals surface area contributed by atoms with Crippen LogP contribution in [-0.4, -0.2) is 45.0 Å². The Bertz CT molecular complexity index is 488. The van der Waals surface area contributed by atoms with Crippen LogP contribution in [0, 0.1) is 0 Å². The lowest BCUT2D eigenvalue weighted by Gasteiger charge is -2.24. The average molecular weight is 284 g/mol. The maximum Gasteiger partial charge on any atom is 0.326 e. The maximum absolute atomic E-state index is 11.7. The second kappa shape index (κ2) is 5.48. The van der Waals surface area contributed by atoms with Crippen molar-refractivity contribution in [2.24, 2.45) is 0 Å². The fraction of sp³-hybridized carbons (Fsp3) is 0.385. The molecule has 1 heterocycles. The quantitative estimate of drug-likeness (QED) is 0.815. The molecule has 1 aromatic rings. The topological polar surface area (TPSA) is 77.8 Å². The molecule has 1 aliphatic rings. The monoisotopic (exact) mass is 283 g/mol. The van der Waals surface area contributed by atoms with Crippen LogP contribution in [0.25, 0.3) is 0 Å². The summed E-state index contributed by atoms with van der Waals surface area (Å²) in [6, 6.07) is 5.35. The fourth-order valence-corrected chi connectivity index (χ4v) is 2.45. The lowest BCUT2D eigenvalue weighted by Crippen LogP contribution is -2.43. The first-order valence-corrected chi connectivity index (χ1v) is 6.35. The number of hydrogen-bond donors (Lipinski definition) is 2. The molecule has 1 amide bonds. The molecule has 6 heteroatoms. The molecule has 0 radical (unpaired) electrons. The predicted molar refractivity (Wildman–Crippen MR) is 69.2 cm³/mol. The van der Waals surface area contributed by atoms with Crippen LogP contribution >= 0.6 is 11.6 Å². The third kappa shape index (κ3) is 3.17. The number of rotatable bonds is 4. The second-order valence-corrected chi connectivity index (χ2v) is 5.19. The van der Waals surface area contributed by atoms with Gasteiger partial charge in [-0.15, -0.1) is 11.6 Å². The third-order valence-electron chi connectivity index (χ3n) is 3.14. The first-order valence-electron chi connectivity index (χ1n) is 5.91. The molecule has 1 aliphatic heterocycles. The minimum absolute atomic E-state index is 0.119. The van der Waals surface area contributed by atoms with Crippen molar-refractivity contribution >= 4 is 23.5 Å². The van der Waals surface area contributed by atoms with Crippen LogP contribution in [-0.2, 0) is 16.0 Å². The lowest BCUT2D eigenvalue weighted by atomic mass is 10.0. The molecule has 2 N–H and O–H groups in total. The summed E-state index contributed by atoms with van der Waals surface area (Å²) >= 11 is 5.89. The van der Waals surface area contributed by atoms with Crippen LogP contribution in [0.5, 0.6) is 5.75 Å². The number of aliphatic carboxylic acids is 1. The van der Waals surface area contributed by atoms with E-state index >= 15 is 0 Å². The number of phenols is 1. The van der Waals surface area contributed by atoms with E-state index in [2.05, 4.69) is 0 Å². The van der Waals surface area contributed by atoms with Crippen LogP contribution < -0.4 is 0 Å². The number of phenolic OH excluding ortho intramolecular Hbond substituents is 1. The van der Waals surface area contributed by atoms with Crippen molar-refractivity contribution in [2.45, 2.75) is 24.3 Å². The highest BCUT2D eigenvalue weighted by molar-refractivity contribution is 6.22. The summed E-state index contributed by atoms with van der Waals surface area (Å²) in [6.07, 6.45) is 0.381. The third-order valence-corrected chi connectivity index (χ3v) is 3.43. The van der Waals surface area contributed by atoms with Gasteiger partial charge in [-0.1, -0.05) is 12.1 Å². The molecule has 1 unspecified atom stereocenters. The Hall–Kier alpha value is -1.75. The van der Waals surface area contributed by atoms with E-state index in [0.717, 1.165) is 5.56 Å². The Morgan fingerprint density at radius 2 is 2.05 bits per heavy atom. The first kappa shape index (κ1) is 13.7. The minimum Gasteiger partial charge on any atom is -0.508 e. The summed E-state index contributed by atoms with van der Waals surface area (Å²) in [6.45, 7) is 0.259. The normalized spacial score (nSPS) is 20.6. The number of carbonyl (C=O) groups is 2. The second-order valence-electron chi connectivity index (χ2n) is 4.57. The zero-order chi connectivity index (χ0) is 14.0. The van der Waals surface area contributed by atoms with Gasteiger partial charge in [-0.25, -0.2) is 4.79 Å². The van der Waals surface area contributed by atoms with E-state index in [0.29, 0.717) is 0 Å². The van der Waals surface area contributed by atoms with E-state index in [9.17, 15) is 19.8 Å². The molecule has 1 aromatic carbocycles. The molecule has 0 bridgehead atoms. The average Bonchev–Trinajstić information content (AvgIpc) is 2.67. The summed E-state index contributed by atoms with van der Waals surface area (Å²) in [5, 5.41) is 18.1. The summed E-state index contributed by atoms with van der Waals surface area (Å²) < 4.78 is 0. The number of alkyl halides is 1. The summed E-state index contributed by atoms with van der Waals surface area (Å²) in [5.74, 6) is -1.16. The molecule has 2 atom stereocenters. The van der Waals surface area contributed by atoms with E-state index in [1.807, 2.05) is 0 Å². The van der Waals surface area contributed by atoms with Gasteiger partial charge in [0.05, 0.1) is 5.38 Å². The van der Waals surface area contributed by atoms with Gasteiger partial charge in [0.25, 0.3) is 0 Å². The minimum atomic E-state index is -1.05. The largest absolute Gasteiger partial charge is 0.508 e. The number of benzene rings is 1. The van der Waals surface area contributed by atoms with Gasteiger partial charge in [-0.2, -0.15) is 0 Å². The Kier molecular flexibility index (Phi) is 3.95. The van der Waals surface area contributed by atoms with E-state index in [-0.39, 0.29) is 36.4 Å². The number of likely N-dealkylation sites (tertiary alicyclic amines) is 1. The molecule has 19 heavy (non-hydrogen) atoms. The molecule has 1 saturated heterocycles. The Morgan fingerprint density at radius 1 is 1.42 bits per heavy atom. The van der Waals surface area contributed by atoms with E-state index in [4.69, 9.17) is 11.6 Å². The highest BCUT2D eigenvalue weighted by atomic mass is 35.5. The summed E-state index contributed by atoms with van der Waals surface area (Å²) in [4.78, 5) is 24.3. The predicted octanol–water partition coefficient (Wildman–Crippen LogP) is 1.23. The molecule has 1 fully saturated rings. The SMILES string of the molecule is O=C(O)[C@H](Cc1ccc(O)cc1)N1CC(Cl)CC1=O.